The molecule has 0 aliphatic rings. The summed E-state index contributed by atoms with van der Waals surface area (Å²) in [6.07, 6.45) is 8.95. The van der Waals surface area contributed by atoms with Crippen molar-refractivity contribution in [2.45, 2.75) is 45.1 Å². The second kappa shape index (κ2) is 45.1. The van der Waals surface area contributed by atoms with Crippen molar-refractivity contribution in [2.75, 3.05) is 172 Å². The van der Waals surface area contributed by atoms with Crippen LogP contribution in [0.3, 0.4) is 0 Å². The Morgan fingerprint density at radius 3 is 0.873 bits per heavy atom. The van der Waals surface area contributed by atoms with E-state index in [0.717, 1.165) is 31.6 Å². The van der Waals surface area contributed by atoms with E-state index < -0.39 is 0 Å². The molecule has 0 aliphatic carbocycles. The van der Waals surface area contributed by atoms with Gasteiger partial charge in [0.15, 0.2) is 0 Å². The number of rotatable bonds is 47. The molecule has 1 rings (SSSR count). The van der Waals surface area contributed by atoms with Crippen molar-refractivity contribution < 1.29 is 66.7 Å². The Hall–Kier alpha value is -1.60. The average Bonchev–Trinajstić information content (AvgIpc) is 3.21. The first-order valence-corrected chi connectivity index (χ1v) is 20.2. The molecule has 14 nitrogen and oxygen atoms in total. The summed E-state index contributed by atoms with van der Waals surface area (Å²) >= 11 is 0. The van der Waals surface area contributed by atoms with E-state index in [4.69, 9.17) is 66.7 Å². The highest BCUT2D eigenvalue weighted by atomic mass is 16.6. The zero-order chi connectivity index (χ0) is 39.2. The Labute approximate surface area is 331 Å². The van der Waals surface area contributed by atoms with Crippen LogP contribution in [0.2, 0.25) is 0 Å². The predicted molar refractivity (Wildman–Crippen MR) is 211 cm³/mol. The molecule has 0 aromatic heterocycles. The van der Waals surface area contributed by atoms with Crippen LogP contribution in [0.25, 0.3) is 6.08 Å². The highest BCUT2D eigenvalue weighted by molar-refractivity contribution is 5.47. The van der Waals surface area contributed by atoms with Gasteiger partial charge in [0.25, 0.3) is 0 Å². The molecule has 0 saturated carbocycles. The third-order valence-corrected chi connectivity index (χ3v) is 7.64. The van der Waals surface area contributed by atoms with Crippen LogP contribution in [0, 0.1) is 0 Å². The van der Waals surface area contributed by atoms with Crippen molar-refractivity contribution >= 4 is 6.08 Å². The van der Waals surface area contributed by atoms with Crippen molar-refractivity contribution in [2.24, 2.45) is 0 Å². The van der Waals surface area contributed by atoms with Crippen LogP contribution in [0.5, 0.6) is 0 Å². The van der Waals surface area contributed by atoms with E-state index in [-0.39, 0.29) is 6.61 Å². The van der Waals surface area contributed by atoms with Crippen LogP contribution < -0.4 is 0 Å². The molecular formula is C41H74O14. The molecule has 0 heterocycles. The van der Waals surface area contributed by atoms with Crippen LogP contribution in [0.15, 0.2) is 30.8 Å². The smallest absolute Gasteiger partial charge is 0.0716 e. The maximum atomic E-state index is 8.59. The van der Waals surface area contributed by atoms with Gasteiger partial charge < -0.3 is 66.7 Å². The van der Waals surface area contributed by atoms with Crippen LogP contribution >= 0.6 is 0 Å². The fourth-order valence-electron chi connectivity index (χ4n) is 4.64. The van der Waals surface area contributed by atoms with Crippen LogP contribution in [-0.4, -0.2) is 177 Å². The standard InChI is InChI=1S/C41H74O14/c1-2-40-9-11-41(12-10-40)39-55-15-8-6-4-3-5-7-14-43-17-19-45-21-23-47-25-27-49-29-31-51-33-35-53-37-38-54-36-34-52-32-30-50-28-26-48-24-22-46-20-18-44-16-13-42/h2,9-12,42H,1,3-8,13-39H2. The zero-order valence-corrected chi connectivity index (χ0v) is 33.7. The van der Waals surface area contributed by atoms with Crippen molar-refractivity contribution in [1.82, 2.24) is 0 Å². The molecule has 55 heavy (non-hydrogen) atoms. The van der Waals surface area contributed by atoms with E-state index in [1.54, 1.807) is 0 Å². The van der Waals surface area contributed by atoms with Gasteiger partial charge in [-0.05, 0) is 24.0 Å². The maximum Gasteiger partial charge on any atom is 0.0716 e. The summed E-state index contributed by atoms with van der Waals surface area (Å²) in [5, 5.41) is 8.59. The second-order valence-corrected chi connectivity index (χ2v) is 12.2. The van der Waals surface area contributed by atoms with Crippen molar-refractivity contribution in [1.29, 1.82) is 0 Å². The van der Waals surface area contributed by atoms with Gasteiger partial charge in [0.05, 0.1) is 165 Å². The van der Waals surface area contributed by atoms with Gasteiger partial charge in [-0.25, -0.2) is 0 Å². The van der Waals surface area contributed by atoms with E-state index in [0.29, 0.717) is 159 Å². The summed E-state index contributed by atoms with van der Waals surface area (Å²) < 4.78 is 71.3. The number of aliphatic hydroxyl groups excluding tert-OH is 1. The molecule has 0 spiro atoms. The van der Waals surface area contributed by atoms with E-state index in [9.17, 15) is 0 Å². The van der Waals surface area contributed by atoms with E-state index in [1.165, 1.54) is 31.2 Å². The Bertz CT molecular complexity index is 879. The lowest BCUT2D eigenvalue weighted by Gasteiger charge is -2.09. The molecule has 0 atom stereocenters. The Kier molecular flexibility index (Phi) is 42.2. The Morgan fingerprint density at radius 1 is 0.327 bits per heavy atom. The number of benzene rings is 1. The molecule has 0 fully saturated rings. The fourth-order valence-corrected chi connectivity index (χ4v) is 4.64. The first-order valence-electron chi connectivity index (χ1n) is 20.2. The monoisotopic (exact) mass is 791 g/mol. The number of unbranched alkanes of at least 4 members (excludes halogenated alkanes) is 5. The van der Waals surface area contributed by atoms with Gasteiger partial charge in [-0.15, -0.1) is 0 Å². The van der Waals surface area contributed by atoms with Gasteiger partial charge in [0.2, 0.25) is 0 Å². The molecule has 0 amide bonds. The van der Waals surface area contributed by atoms with Gasteiger partial charge in [0, 0.05) is 13.2 Å². The quantitative estimate of drug-likeness (QED) is 0.0935. The number of aliphatic hydroxyl groups is 1. The molecule has 14 heteroatoms. The van der Waals surface area contributed by atoms with Gasteiger partial charge >= 0.3 is 0 Å². The summed E-state index contributed by atoms with van der Waals surface area (Å²) in [5.41, 5.74) is 2.34. The Morgan fingerprint density at radius 2 is 0.582 bits per heavy atom. The third kappa shape index (κ3) is 40.4. The molecule has 1 aromatic rings. The fraction of sp³-hybridized carbons (Fsp3) is 0.805. The first kappa shape index (κ1) is 51.4. The summed E-state index contributed by atoms with van der Waals surface area (Å²) in [7, 11) is 0. The number of hydrogen-bond donors (Lipinski definition) is 1. The van der Waals surface area contributed by atoms with Gasteiger partial charge in [0.1, 0.15) is 0 Å². The minimum absolute atomic E-state index is 0.0245. The van der Waals surface area contributed by atoms with E-state index >= 15 is 0 Å². The van der Waals surface area contributed by atoms with Gasteiger partial charge in [-0.2, -0.15) is 0 Å². The topological polar surface area (TPSA) is 140 Å². The van der Waals surface area contributed by atoms with Crippen molar-refractivity contribution in [3.8, 4) is 0 Å². The minimum Gasteiger partial charge on any atom is -0.394 e. The minimum atomic E-state index is 0.0245. The molecule has 1 aromatic carbocycles. The molecule has 1 N–H and O–H groups in total. The lowest BCUT2D eigenvalue weighted by atomic mass is 10.1. The Balaban J connectivity index is 1.61. The third-order valence-electron chi connectivity index (χ3n) is 7.64. The van der Waals surface area contributed by atoms with Crippen LogP contribution in [0.1, 0.15) is 49.7 Å². The second-order valence-electron chi connectivity index (χ2n) is 12.2. The summed E-state index contributed by atoms with van der Waals surface area (Å²) in [4.78, 5) is 0. The van der Waals surface area contributed by atoms with Crippen LogP contribution in [-0.2, 0) is 68.2 Å². The van der Waals surface area contributed by atoms with Gasteiger partial charge in [-0.3, -0.25) is 0 Å². The maximum absolute atomic E-state index is 8.59. The average molecular weight is 791 g/mol. The highest BCUT2D eigenvalue weighted by Crippen LogP contribution is 2.09. The number of hydrogen-bond acceptors (Lipinski definition) is 14. The summed E-state index contributed by atoms with van der Waals surface area (Å²) in [5.74, 6) is 0. The molecule has 0 radical (unpaired) electrons. The van der Waals surface area contributed by atoms with E-state index in [2.05, 4.69) is 30.8 Å². The molecule has 0 unspecified atom stereocenters. The van der Waals surface area contributed by atoms with Gasteiger partial charge in [-0.1, -0.05) is 62.6 Å². The molecular weight excluding hydrogens is 716 g/mol. The molecule has 0 aliphatic heterocycles. The first-order chi connectivity index (χ1) is 27.4. The summed E-state index contributed by atoms with van der Waals surface area (Å²) in [6, 6.07) is 8.33. The van der Waals surface area contributed by atoms with E-state index in [1.807, 2.05) is 6.08 Å². The van der Waals surface area contributed by atoms with Crippen LogP contribution in [0.4, 0.5) is 0 Å². The molecule has 0 bridgehead atoms. The molecule has 322 valence electrons. The van der Waals surface area contributed by atoms with Crippen molar-refractivity contribution in [3.05, 3.63) is 42.0 Å². The number of ether oxygens (including phenoxy) is 13. The summed E-state index contributed by atoms with van der Waals surface area (Å²) in [6.45, 7) is 17.8. The largest absolute Gasteiger partial charge is 0.394 e. The zero-order valence-electron chi connectivity index (χ0n) is 33.7. The SMILES string of the molecule is C=Cc1ccc(COCCCCCCCCOCCOCCOCCOCCOCCOCCOCCOCCOCCOCCOCCOCCO)cc1. The normalized spacial score (nSPS) is 11.5. The van der Waals surface area contributed by atoms with Crippen molar-refractivity contribution in [3.63, 3.8) is 0 Å². The molecule has 0 saturated heterocycles. The highest BCUT2D eigenvalue weighted by Gasteiger charge is 1.98. The lowest BCUT2D eigenvalue weighted by Crippen LogP contribution is -2.15. The lowest BCUT2D eigenvalue weighted by molar-refractivity contribution is -0.0286. The predicted octanol–water partition coefficient (Wildman–Crippen LogP) is 4.38.